The minimum Gasteiger partial charge on any atom is -0.379 e. The average Bonchev–Trinajstić information content (AvgIpc) is 3.01. The average molecular weight is 385 g/mol. The van der Waals surface area contributed by atoms with Gasteiger partial charge >= 0.3 is 0 Å². The van der Waals surface area contributed by atoms with E-state index >= 15 is 0 Å². The lowest BCUT2D eigenvalue weighted by Crippen LogP contribution is -2.12. The van der Waals surface area contributed by atoms with E-state index in [0.29, 0.717) is 0 Å². The molecule has 3 rings (SSSR count). The van der Waals surface area contributed by atoms with Gasteiger partial charge in [-0.3, -0.25) is 4.68 Å². The fourth-order valence-electron chi connectivity index (χ4n) is 2.59. The standard InChI is InChI=1S/C19H21BrN4/c1-23(2)19-9-8-17(20)10-18(19)21-11-16-12-22-24(14-16)13-15-6-4-3-5-7-15/h3-10,12,14,21H,11,13H2,1-2H3. The summed E-state index contributed by atoms with van der Waals surface area (Å²) < 4.78 is 3.04. The summed E-state index contributed by atoms with van der Waals surface area (Å²) in [7, 11) is 4.10. The second-order valence-electron chi connectivity index (χ2n) is 5.94. The first-order chi connectivity index (χ1) is 11.6. The number of nitrogens with zero attached hydrogens (tertiary/aromatic N) is 3. The molecule has 1 N–H and O–H groups in total. The lowest BCUT2D eigenvalue weighted by atomic mass is 10.2. The third-order valence-electron chi connectivity index (χ3n) is 3.80. The quantitative estimate of drug-likeness (QED) is 0.684. The van der Waals surface area contributed by atoms with E-state index in [4.69, 9.17) is 0 Å². The molecule has 0 radical (unpaired) electrons. The van der Waals surface area contributed by atoms with Gasteiger partial charge in [-0.25, -0.2) is 0 Å². The first-order valence-electron chi connectivity index (χ1n) is 7.88. The van der Waals surface area contributed by atoms with Crippen molar-refractivity contribution < 1.29 is 0 Å². The lowest BCUT2D eigenvalue weighted by molar-refractivity contribution is 0.686. The number of rotatable bonds is 6. The monoisotopic (exact) mass is 384 g/mol. The fourth-order valence-corrected chi connectivity index (χ4v) is 2.95. The zero-order valence-electron chi connectivity index (χ0n) is 13.9. The summed E-state index contributed by atoms with van der Waals surface area (Å²) in [5, 5.41) is 7.96. The van der Waals surface area contributed by atoms with E-state index in [0.717, 1.165) is 34.5 Å². The first kappa shape index (κ1) is 16.6. The van der Waals surface area contributed by atoms with Crippen LogP contribution in [-0.4, -0.2) is 23.9 Å². The number of hydrogen-bond donors (Lipinski definition) is 1. The van der Waals surface area contributed by atoms with E-state index in [9.17, 15) is 0 Å². The number of hydrogen-bond acceptors (Lipinski definition) is 3. The fraction of sp³-hybridized carbons (Fsp3) is 0.211. The van der Waals surface area contributed by atoms with E-state index in [1.165, 1.54) is 5.56 Å². The van der Waals surface area contributed by atoms with Crippen LogP contribution in [0.4, 0.5) is 11.4 Å². The Labute approximate surface area is 151 Å². The van der Waals surface area contributed by atoms with Gasteiger partial charge in [-0.15, -0.1) is 0 Å². The molecule has 0 fully saturated rings. The Kier molecular flexibility index (Phi) is 5.20. The van der Waals surface area contributed by atoms with Crippen LogP contribution in [0.3, 0.4) is 0 Å². The molecule has 2 aromatic carbocycles. The van der Waals surface area contributed by atoms with Crippen molar-refractivity contribution in [1.29, 1.82) is 0 Å². The van der Waals surface area contributed by atoms with E-state index in [1.807, 2.05) is 31.0 Å². The molecule has 1 heterocycles. The van der Waals surface area contributed by atoms with E-state index in [1.54, 1.807) is 0 Å². The SMILES string of the molecule is CN(C)c1ccc(Br)cc1NCc1cnn(Cc2ccccc2)c1. The molecule has 0 spiro atoms. The molecule has 4 nitrogen and oxygen atoms in total. The summed E-state index contributed by atoms with van der Waals surface area (Å²) in [6.07, 6.45) is 4.01. The first-order valence-corrected chi connectivity index (χ1v) is 8.67. The Morgan fingerprint density at radius 1 is 1.08 bits per heavy atom. The van der Waals surface area contributed by atoms with Crippen molar-refractivity contribution >= 4 is 27.3 Å². The lowest BCUT2D eigenvalue weighted by Gasteiger charge is -2.18. The number of benzene rings is 2. The van der Waals surface area contributed by atoms with Crippen molar-refractivity contribution in [3.8, 4) is 0 Å². The van der Waals surface area contributed by atoms with Gasteiger partial charge in [0.25, 0.3) is 0 Å². The van der Waals surface area contributed by atoms with Gasteiger partial charge in [0.15, 0.2) is 0 Å². The highest BCUT2D eigenvalue weighted by Crippen LogP contribution is 2.28. The molecule has 124 valence electrons. The summed E-state index contributed by atoms with van der Waals surface area (Å²) >= 11 is 3.54. The van der Waals surface area contributed by atoms with Gasteiger partial charge in [-0.05, 0) is 23.8 Å². The van der Waals surface area contributed by atoms with Gasteiger partial charge < -0.3 is 10.2 Å². The molecule has 0 amide bonds. The van der Waals surface area contributed by atoms with Gasteiger partial charge in [0.1, 0.15) is 0 Å². The highest BCUT2D eigenvalue weighted by molar-refractivity contribution is 9.10. The zero-order valence-corrected chi connectivity index (χ0v) is 15.5. The van der Waals surface area contributed by atoms with Crippen LogP contribution in [-0.2, 0) is 13.1 Å². The molecule has 24 heavy (non-hydrogen) atoms. The maximum Gasteiger partial charge on any atom is 0.0659 e. The molecule has 0 aliphatic rings. The molecule has 3 aromatic rings. The predicted molar refractivity (Wildman–Crippen MR) is 104 cm³/mol. The van der Waals surface area contributed by atoms with Crippen LogP contribution in [0.1, 0.15) is 11.1 Å². The van der Waals surface area contributed by atoms with Gasteiger partial charge in [-0.2, -0.15) is 5.10 Å². The minimum absolute atomic E-state index is 0.742. The molecule has 0 unspecified atom stereocenters. The Balaban J connectivity index is 1.67. The Hall–Kier alpha value is -2.27. The smallest absolute Gasteiger partial charge is 0.0659 e. The van der Waals surface area contributed by atoms with Crippen LogP contribution in [0.2, 0.25) is 0 Å². The Morgan fingerprint density at radius 2 is 1.88 bits per heavy atom. The van der Waals surface area contributed by atoms with Crippen LogP contribution in [0, 0.1) is 0 Å². The van der Waals surface area contributed by atoms with Crippen LogP contribution < -0.4 is 10.2 Å². The van der Waals surface area contributed by atoms with E-state index < -0.39 is 0 Å². The number of anilines is 2. The number of halogens is 1. The van der Waals surface area contributed by atoms with E-state index in [2.05, 4.69) is 79.9 Å². The van der Waals surface area contributed by atoms with Crippen molar-refractivity contribution in [3.05, 3.63) is 76.5 Å². The van der Waals surface area contributed by atoms with Crippen molar-refractivity contribution in [2.75, 3.05) is 24.3 Å². The topological polar surface area (TPSA) is 33.1 Å². The van der Waals surface area contributed by atoms with Crippen LogP contribution in [0.15, 0.2) is 65.4 Å². The Bertz CT molecular complexity index is 796. The maximum absolute atomic E-state index is 4.46. The molecule has 0 saturated heterocycles. The summed E-state index contributed by atoms with van der Waals surface area (Å²) in [4.78, 5) is 2.10. The van der Waals surface area contributed by atoms with Crippen LogP contribution in [0.5, 0.6) is 0 Å². The van der Waals surface area contributed by atoms with Crippen molar-refractivity contribution in [3.63, 3.8) is 0 Å². The number of nitrogens with one attached hydrogen (secondary N) is 1. The molecule has 0 bridgehead atoms. The molecule has 0 aliphatic carbocycles. The highest BCUT2D eigenvalue weighted by Gasteiger charge is 2.06. The van der Waals surface area contributed by atoms with Gasteiger partial charge in [-0.1, -0.05) is 46.3 Å². The third kappa shape index (κ3) is 4.17. The van der Waals surface area contributed by atoms with Crippen molar-refractivity contribution in [2.24, 2.45) is 0 Å². The highest BCUT2D eigenvalue weighted by atomic mass is 79.9. The molecule has 1 aromatic heterocycles. The molecule has 0 atom stereocenters. The predicted octanol–water partition coefficient (Wildman–Crippen LogP) is 4.37. The minimum atomic E-state index is 0.742. The largest absolute Gasteiger partial charge is 0.379 e. The van der Waals surface area contributed by atoms with Crippen LogP contribution in [0.25, 0.3) is 0 Å². The summed E-state index contributed by atoms with van der Waals surface area (Å²) in [6, 6.07) is 16.6. The van der Waals surface area contributed by atoms with Crippen molar-refractivity contribution in [2.45, 2.75) is 13.1 Å². The van der Waals surface area contributed by atoms with Crippen LogP contribution >= 0.6 is 15.9 Å². The maximum atomic E-state index is 4.46. The Morgan fingerprint density at radius 3 is 2.62 bits per heavy atom. The summed E-state index contributed by atoms with van der Waals surface area (Å²) in [6.45, 7) is 1.53. The second kappa shape index (κ2) is 7.53. The molecule has 0 saturated carbocycles. The molecular formula is C19H21BrN4. The van der Waals surface area contributed by atoms with Gasteiger partial charge in [0.05, 0.1) is 24.1 Å². The molecular weight excluding hydrogens is 364 g/mol. The molecule has 0 aliphatic heterocycles. The van der Waals surface area contributed by atoms with E-state index in [-0.39, 0.29) is 0 Å². The summed E-state index contributed by atoms with van der Waals surface area (Å²) in [5.41, 5.74) is 4.68. The number of aromatic nitrogens is 2. The van der Waals surface area contributed by atoms with Gasteiger partial charge in [0.2, 0.25) is 0 Å². The zero-order chi connectivity index (χ0) is 16.9. The second-order valence-corrected chi connectivity index (χ2v) is 6.86. The van der Waals surface area contributed by atoms with Crippen molar-refractivity contribution in [1.82, 2.24) is 9.78 Å². The third-order valence-corrected chi connectivity index (χ3v) is 4.29. The molecule has 5 heteroatoms. The van der Waals surface area contributed by atoms with Gasteiger partial charge in [0, 0.05) is 36.9 Å². The summed E-state index contributed by atoms with van der Waals surface area (Å²) in [5.74, 6) is 0. The normalized spacial score (nSPS) is 10.6.